The van der Waals surface area contributed by atoms with Gasteiger partial charge >= 0.3 is 5.97 Å². The molecule has 158 valence electrons. The summed E-state index contributed by atoms with van der Waals surface area (Å²) in [5.74, 6) is 0.220. The molecule has 2 heterocycles. The maximum absolute atomic E-state index is 11.7. The number of benzene rings is 1. The number of carboxylic acid groups (broad SMARTS) is 1. The molecule has 6 heteroatoms. The van der Waals surface area contributed by atoms with Gasteiger partial charge in [-0.25, -0.2) is 0 Å². The fourth-order valence-corrected chi connectivity index (χ4v) is 5.17. The number of carboxylic acids is 1. The van der Waals surface area contributed by atoms with Crippen LogP contribution < -0.4 is 4.74 Å². The van der Waals surface area contributed by atoms with Crippen LogP contribution in [0.3, 0.4) is 0 Å². The molecule has 0 unspecified atom stereocenters. The van der Waals surface area contributed by atoms with Crippen molar-refractivity contribution in [1.29, 1.82) is 0 Å². The zero-order chi connectivity index (χ0) is 21.2. The van der Waals surface area contributed by atoms with Crippen molar-refractivity contribution in [2.45, 2.75) is 40.7 Å². The number of hydrogen-bond donors (Lipinski definition) is 1. The molecule has 29 heavy (non-hydrogen) atoms. The second-order valence-corrected chi connectivity index (χ2v) is 10.5. The quantitative estimate of drug-likeness (QED) is 0.601. The van der Waals surface area contributed by atoms with Crippen molar-refractivity contribution in [3.05, 3.63) is 40.2 Å². The van der Waals surface area contributed by atoms with Crippen LogP contribution in [0.25, 0.3) is 10.4 Å². The maximum Gasteiger partial charge on any atom is 0.307 e. The van der Waals surface area contributed by atoms with Crippen LogP contribution in [0.15, 0.2) is 30.3 Å². The molecule has 1 aliphatic rings. The van der Waals surface area contributed by atoms with Gasteiger partial charge in [0.15, 0.2) is 0 Å². The predicted molar refractivity (Wildman–Crippen MR) is 120 cm³/mol. The van der Waals surface area contributed by atoms with Crippen molar-refractivity contribution in [3.8, 4) is 16.2 Å². The molecule has 0 aliphatic carbocycles. The lowest BCUT2D eigenvalue weighted by Gasteiger charge is -2.42. The maximum atomic E-state index is 11.7. The summed E-state index contributed by atoms with van der Waals surface area (Å²) in [4.78, 5) is 16.3. The molecule has 1 aromatic carbocycles. The van der Waals surface area contributed by atoms with E-state index in [1.807, 2.05) is 25.1 Å². The van der Waals surface area contributed by atoms with Crippen molar-refractivity contribution >= 4 is 28.9 Å². The van der Waals surface area contributed by atoms with E-state index in [4.69, 9.17) is 16.3 Å². The van der Waals surface area contributed by atoms with E-state index < -0.39 is 5.97 Å². The highest BCUT2D eigenvalue weighted by Crippen LogP contribution is 2.39. The van der Waals surface area contributed by atoms with E-state index in [1.165, 1.54) is 4.88 Å². The number of likely N-dealkylation sites (tertiary alicyclic amines) is 1. The number of ether oxygens (including phenoxy) is 1. The highest BCUT2D eigenvalue weighted by molar-refractivity contribution is 7.15. The van der Waals surface area contributed by atoms with Crippen molar-refractivity contribution in [3.63, 3.8) is 0 Å². The zero-order valence-corrected chi connectivity index (χ0v) is 19.1. The fraction of sp³-hybridized carbons (Fsp3) is 0.522. The van der Waals surface area contributed by atoms with E-state index >= 15 is 0 Å². The van der Waals surface area contributed by atoms with Crippen LogP contribution in [0.2, 0.25) is 5.02 Å². The molecule has 1 saturated heterocycles. The molecule has 3 rings (SSSR count). The monoisotopic (exact) mass is 435 g/mol. The molecular weight excluding hydrogens is 406 g/mol. The predicted octanol–water partition coefficient (Wildman–Crippen LogP) is 6.04. The van der Waals surface area contributed by atoms with Gasteiger partial charge in [0, 0.05) is 40.0 Å². The summed E-state index contributed by atoms with van der Waals surface area (Å²) in [6.07, 6.45) is 0.755. The van der Waals surface area contributed by atoms with Gasteiger partial charge in [0.2, 0.25) is 0 Å². The average molecular weight is 436 g/mol. The van der Waals surface area contributed by atoms with Crippen LogP contribution in [0, 0.1) is 17.3 Å². The van der Waals surface area contributed by atoms with E-state index in [1.54, 1.807) is 11.3 Å². The highest BCUT2D eigenvalue weighted by atomic mass is 35.5. The van der Waals surface area contributed by atoms with Crippen molar-refractivity contribution < 1.29 is 14.6 Å². The summed E-state index contributed by atoms with van der Waals surface area (Å²) in [6, 6.07) is 9.94. The third-order valence-corrected chi connectivity index (χ3v) is 6.99. The van der Waals surface area contributed by atoms with Gasteiger partial charge in [-0.2, -0.15) is 0 Å². The molecule has 2 atom stereocenters. The standard InChI is InChI=1S/C23H30ClNO3S/c1-5-28-20-8-6-17(24)11-19(20)21-9-7-18(29-21)14-25-12-15(22(26)27)10-16(13-25)23(2,3)4/h6-9,11,15-16H,5,10,12-14H2,1-4H3,(H,26,27)/t15-,16-/m1/s1. The second-order valence-electron chi connectivity index (χ2n) is 8.87. The molecule has 1 aliphatic heterocycles. The van der Waals surface area contributed by atoms with E-state index in [-0.39, 0.29) is 11.3 Å². The SMILES string of the molecule is CCOc1ccc(Cl)cc1-c1ccc(CN2C[C@H](C(=O)O)C[C@@H](C(C)(C)C)C2)s1. The normalized spacial score (nSPS) is 20.6. The Morgan fingerprint density at radius 2 is 2.03 bits per heavy atom. The van der Waals surface area contributed by atoms with E-state index in [0.29, 0.717) is 24.1 Å². The third-order valence-electron chi connectivity index (χ3n) is 5.65. The topological polar surface area (TPSA) is 49.8 Å². The largest absolute Gasteiger partial charge is 0.493 e. The lowest BCUT2D eigenvalue weighted by Crippen LogP contribution is -2.46. The van der Waals surface area contributed by atoms with Gasteiger partial charge in [0.1, 0.15) is 5.75 Å². The Balaban J connectivity index is 1.79. The Kier molecular flexibility index (Phi) is 6.92. The minimum absolute atomic E-state index is 0.0974. The van der Waals surface area contributed by atoms with Gasteiger partial charge < -0.3 is 9.84 Å². The molecule has 1 aromatic heterocycles. The molecule has 0 saturated carbocycles. The number of nitrogens with zero attached hydrogens (tertiary/aromatic N) is 1. The summed E-state index contributed by atoms with van der Waals surface area (Å²) in [6.45, 7) is 11.5. The molecule has 4 nitrogen and oxygen atoms in total. The minimum Gasteiger partial charge on any atom is -0.493 e. The Hall–Kier alpha value is -1.56. The number of aliphatic carboxylic acids is 1. The molecule has 1 N–H and O–H groups in total. The van der Waals surface area contributed by atoms with E-state index in [9.17, 15) is 9.90 Å². The van der Waals surface area contributed by atoms with Gasteiger partial charge in [0.25, 0.3) is 0 Å². The highest BCUT2D eigenvalue weighted by Gasteiger charge is 2.37. The van der Waals surface area contributed by atoms with Crippen LogP contribution in [-0.2, 0) is 11.3 Å². The Bertz CT molecular complexity index is 858. The Morgan fingerprint density at radius 1 is 1.28 bits per heavy atom. The summed E-state index contributed by atoms with van der Waals surface area (Å²) in [5, 5.41) is 10.3. The van der Waals surface area contributed by atoms with Crippen molar-refractivity contribution in [1.82, 2.24) is 4.90 Å². The molecule has 2 aromatic rings. The van der Waals surface area contributed by atoms with Gasteiger partial charge in [0.05, 0.1) is 12.5 Å². The molecule has 0 bridgehead atoms. The molecule has 0 spiro atoms. The summed E-state index contributed by atoms with van der Waals surface area (Å²) >= 11 is 7.94. The van der Waals surface area contributed by atoms with Crippen LogP contribution in [0.5, 0.6) is 5.75 Å². The van der Waals surface area contributed by atoms with Gasteiger partial charge in [-0.05, 0) is 55.0 Å². The molecule has 0 radical (unpaired) electrons. The van der Waals surface area contributed by atoms with Gasteiger partial charge in [-0.15, -0.1) is 11.3 Å². The number of carbonyl (C=O) groups is 1. The van der Waals surface area contributed by atoms with Crippen molar-refractivity contribution in [2.24, 2.45) is 17.3 Å². The third kappa shape index (κ3) is 5.53. The smallest absolute Gasteiger partial charge is 0.307 e. The number of piperidine rings is 1. The van der Waals surface area contributed by atoms with Gasteiger partial charge in [-0.1, -0.05) is 32.4 Å². The first-order chi connectivity index (χ1) is 13.7. The van der Waals surface area contributed by atoms with Crippen LogP contribution >= 0.6 is 22.9 Å². The molecule has 0 amide bonds. The molecule has 1 fully saturated rings. The summed E-state index contributed by atoms with van der Waals surface area (Å²) < 4.78 is 5.77. The van der Waals surface area contributed by atoms with E-state index in [0.717, 1.165) is 35.7 Å². The number of thiophene rings is 1. The molecular formula is C23H30ClNO3S. The lowest BCUT2D eigenvalue weighted by atomic mass is 9.73. The summed E-state index contributed by atoms with van der Waals surface area (Å²) in [7, 11) is 0. The second kappa shape index (κ2) is 9.07. The minimum atomic E-state index is -0.684. The number of rotatable bonds is 6. The van der Waals surface area contributed by atoms with E-state index in [2.05, 4.69) is 37.8 Å². The first-order valence-corrected chi connectivity index (χ1v) is 11.3. The average Bonchev–Trinajstić information content (AvgIpc) is 3.10. The van der Waals surface area contributed by atoms with Crippen LogP contribution in [-0.4, -0.2) is 35.7 Å². The first-order valence-electron chi connectivity index (χ1n) is 10.1. The summed E-state index contributed by atoms with van der Waals surface area (Å²) in [5.41, 5.74) is 1.10. The van der Waals surface area contributed by atoms with Gasteiger partial charge in [-0.3, -0.25) is 9.69 Å². The lowest BCUT2D eigenvalue weighted by molar-refractivity contribution is -0.145. The van der Waals surface area contributed by atoms with Crippen LogP contribution in [0.1, 0.15) is 39.0 Å². The van der Waals surface area contributed by atoms with Crippen LogP contribution in [0.4, 0.5) is 0 Å². The zero-order valence-electron chi connectivity index (χ0n) is 17.6. The Labute approximate surface area is 182 Å². The fourth-order valence-electron chi connectivity index (χ4n) is 3.93. The number of halogens is 1. The first kappa shape index (κ1) is 22.1. The Morgan fingerprint density at radius 3 is 2.69 bits per heavy atom. The number of hydrogen-bond acceptors (Lipinski definition) is 4. The van der Waals surface area contributed by atoms with Crippen molar-refractivity contribution in [2.75, 3.05) is 19.7 Å².